The molecule has 6 rings (SSSR count). The van der Waals surface area contributed by atoms with Crippen LogP contribution in [0.2, 0.25) is 0 Å². The van der Waals surface area contributed by atoms with Crippen LogP contribution in [0, 0.1) is 5.41 Å². The van der Waals surface area contributed by atoms with Gasteiger partial charge in [-0.2, -0.15) is 0 Å². The smallest absolute Gasteiger partial charge is 0.411 e. The molecule has 2 amide bonds. The second-order valence-corrected chi connectivity index (χ2v) is 11.9. The van der Waals surface area contributed by atoms with E-state index >= 15 is 0 Å². The first kappa shape index (κ1) is 26.1. The van der Waals surface area contributed by atoms with Gasteiger partial charge in [0.05, 0.1) is 12.5 Å². The minimum absolute atomic E-state index is 0.146. The lowest BCUT2D eigenvalue weighted by Gasteiger charge is -2.52. The van der Waals surface area contributed by atoms with E-state index in [-0.39, 0.29) is 11.9 Å². The highest BCUT2D eigenvalue weighted by molar-refractivity contribution is 5.89. The molecule has 2 bridgehead atoms. The average molecular weight is 521 g/mol. The van der Waals surface area contributed by atoms with E-state index < -0.39 is 28.7 Å². The van der Waals surface area contributed by atoms with Crippen molar-refractivity contribution >= 4 is 18.0 Å². The van der Waals surface area contributed by atoms with E-state index in [2.05, 4.69) is 15.3 Å². The molecule has 3 saturated carbocycles. The summed E-state index contributed by atoms with van der Waals surface area (Å²) < 4.78 is 10.8. The Hall–Kier alpha value is -3.49. The summed E-state index contributed by atoms with van der Waals surface area (Å²) >= 11 is 0. The van der Waals surface area contributed by atoms with Gasteiger partial charge >= 0.3 is 12.1 Å². The standard InChI is InChI=1S/C29H36N4O5/c1-27(2,3)38-26(36)33-15-8-21-20(19-16-30-18-31-17-19)6-5-7-22(21)23(33)24(34)32-29-12-9-28(10-13-29,11-14-29)25(35)37-4/h5-7,16-18,23H,8-15H2,1-4H3,(H,32,34). The van der Waals surface area contributed by atoms with E-state index in [1.165, 1.54) is 13.4 Å². The number of amides is 2. The Morgan fingerprint density at radius 1 is 1.03 bits per heavy atom. The molecule has 1 atom stereocenters. The number of rotatable bonds is 4. The van der Waals surface area contributed by atoms with Crippen LogP contribution in [0.15, 0.2) is 36.9 Å². The fourth-order valence-corrected chi connectivity index (χ4v) is 6.40. The van der Waals surface area contributed by atoms with Crippen LogP contribution in [0.25, 0.3) is 11.1 Å². The van der Waals surface area contributed by atoms with Crippen LogP contribution in [0.3, 0.4) is 0 Å². The highest BCUT2D eigenvalue weighted by Gasteiger charge is 2.54. The molecule has 1 aromatic heterocycles. The summed E-state index contributed by atoms with van der Waals surface area (Å²) in [4.78, 5) is 49.8. The van der Waals surface area contributed by atoms with Crippen molar-refractivity contribution in [2.75, 3.05) is 13.7 Å². The van der Waals surface area contributed by atoms with Gasteiger partial charge in [-0.15, -0.1) is 0 Å². The van der Waals surface area contributed by atoms with Gasteiger partial charge in [0.15, 0.2) is 0 Å². The van der Waals surface area contributed by atoms with Gasteiger partial charge in [-0.25, -0.2) is 14.8 Å². The number of nitrogens with zero attached hydrogens (tertiary/aromatic N) is 3. The van der Waals surface area contributed by atoms with Crippen molar-refractivity contribution in [1.82, 2.24) is 20.2 Å². The SMILES string of the molecule is COC(=O)C12CCC(NC(=O)C3c4cccc(-c5cncnc5)c4CCN3C(=O)OC(C)(C)C)(CC1)CC2. The molecule has 1 aliphatic heterocycles. The summed E-state index contributed by atoms with van der Waals surface area (Å²) in [5, 5.41) is 3.35. The summed E-state index contributed by atoms with van der Waals surface area (Å²) in [6, 6.07) is 5.00. The van der Waals surface area contributed by atoms with Crippen LogP contribution in [-0.4, -0.2) is 57.6 Å². The topological polar surface area (TPSA) is 111 Å². The maximum Gasteiger partial charge on any atom is 0.411 e. The third-order valence-electron chi connectivity index (χ3n) is 8.42. The number of fused-ring (bicyclic) bond motifs is 4. The van der Waals surface area contributed by atoms with Crippen molar-refractivity contribution < 1.29 is 23.9 Å². The maximum absolute atomic E-state index is 14.1. The first-order valence-corrected chi connectivity index (χ1v) is 13.3. The molecule has 3 fully saturated rings. The van der Waals surface area contributed by atoms with E-state index in [1.807, 2.05) is 39.0 Å². The Labute approximate surface area is 223 Å². The molecule has 202 valence electrons. The molecule has 4 aliphatic rings. The summed E-state index contributed by atoms with van der Waals surface area (Å²) in [6.45, 7) is 5.81. The van der Waals surface area contributed by atoms with Crippen LogP contribution < -0.4 is 5.32 Å². The van der Waals surface area contributed by atoms with Crippen molar-refractivity contribution in [3.05, 3.63) is 48.0 Å². The molecule has 2 aromatic rings. The number of methoxy groups -OCH3 is 1. The van der Waals surface area contributed by atoms with Crippen LogP contribution in [0.5, 0.6) is 0 Å². The van der Waals surface area contributed by atoms with Gasteiger partial charge in [0.25, 0.3) is 0 Å². The number of nitrogens with one attached hydrogen (secondary N) is 1. The third-order valence-corrected chi connectivity index (χ3v) is 8.42. The molecule has 9 nitrogen and oxygen atoms in total. The van der Waals surface area contributed by atoms with Gasteiger partial charge in [-0.1, -0.05) is 18.2 Å². The zero-order valence-corrected chi connectivity index (χ0v) is 22.6. The zero-order valence-electron chi connectivity index (χ0n) is 22.6. The summed E-state index contributed by atoms with van der Waals surface area (Å²) in [6.07, 6.45) is 9.27. The normalized spacial score (nSPS) is 26.3. The number of aromatic nitrogens is 2. The Morgan fingerprint density at radius 3 is 2.29 bits per heavy atom. The second-order valence-electron chi connectivity index (χ2n) is 11.9. The van der Waals surface area contributed by atoms with E-state index in [0.29, 0.717) is 51.5 Å². The molecular weight excluding hydrogens is 484 g/mol. The Balaban J connectivity index is 1.47. The van der Waals surface area contributed by atoms with Crippen molar-refractivity contribution in [3.8, 4) is 11.1 Å². The summed E-state index contributed by atoms with van der Waals surface area (Å²) in [5.41, 5.74) is 2.10. The highest BCUT2D eigenvalue weighted by atomic mass is 16.6. The van der Waals surface area contributed by atoms with Crippen LogP contribution in [0.1, 0.15) is 76.5 Å². The summed E-state index contributed by atoms with van der Waals surface area (Å²) in [5.74, 6) is -0.363. The lowest BCUT2D eigenvalue weighted by atomic mass is 9.57. The van der Waals surface area contributed by atoms with Gasteiger partial charge in [-0.3, -0.25) is 14.5 Å². The van der Waals surface area contributed by atoms with Gasteiger partial charge in [0.1, 0.15) is 18.0 Å². The first-order chi connectivity index (χ1) is 18.1. The third kappa shape index (κ3) is 4.74. The van der Waals surface area contributed by atoms with Crippen LogP contribution in [0.4, 0.5) is 4.79 Å². The fraction of sp³-hybridized carbons (Fsp3) is 0.552. The molecule has 0 spiro atoms. The van der Waals surface area contributed by atoms with Crippen molar-refractivity contribution in [2.24, 2.45) is 5.41 Å². The molecule has 1 unspecified atom stereocenters. The van der Waals surface area contributed by atoms with Gasteiger partial charge < -0.3 is 14.8 Å². The monoisotopic (exact) mass is 520 g/mol. The van der Waals surface area contributed by atoms with Gasteiger partial charge in [0, 0.05) is 30.0 Å². The summed E-state index contributed by atoms with van der Waals surface area (Å²) in [7, 11) is 1.44. The van der Waals surface area contributed by atoms with Crippen LogP contribution in [-0.2, 0) is 25.5 Å². The predicted octanol–water partition coefficient (Wildman–Crippen LogP) is 4.36. The van der Waals surface area contributed by atoms with Gasteiger partial charge in [-0.05, 0) is 82.4 Å². The Morgan fingerprint density at radius 2 is 1.68 bits per heavy atom. The molecule has 1 N–H and O–H groups in total. The lowest BCUT2D eigenvalue weighted by Crippen LogP contribution is -2.60. The zero-order chi connectivity index (χ0) is 27.1. The number of carbonyl (C=O) groups excluding carboxylic acids is 3. The minimum Gasteiger partial charge on any atom is -0.469 e. The Kier molecular flexibility index (Phi) is 6.65. The number of carbonyl (C=O) groups is 3. The van der Waals surface area contributed by atoms with E-state index in [9.17, 15) is 14.4 Å². The molecule has 0 radical (unpaired) electrons. The number of hydrogen-bond acceptors (Lipinski definition) is 7. The number of benzene rings is 1. The highest BCUT2D eigenvalue weighted by Crippen LogP contribution is 2.53. The van der Waals surface area contributed by atoms with E-state index in [1.54, 1.807) is 17.3 Å². The number of ether oxygens (including phenoxy) is 2. The second kappa shape index (κ2) is 9.67. The molecule has 1 aromatic carbocycles. The van der Waals surface area contributed by atoms with Crippen molar-refractivity contribution in [1.29, 1.82) is 0 Å². The van der Waals surface area contributed by atoms with Crippen LogP contribution >= 0.6 is 0 Å². The number of hydrogen-bond donors (Lipinski definition) is 1. The fourth-order valence-electron chi connectivity index (χ4n) is 6.40. The van der Waals surface area contributed by atoms with Crippen molar-refractivity contribution in [2.45, 2.75) is 82.9 Å². The number of esters is 1. The van der Waals surface area contributed by atoms with Gasteiger partial charge in [0.2, 0.25) is 5.91 Å². The Bertz CT molecular complexity index is 1210. The predicted molar refractivity (Wildman–Crippen MR) is 140 cm³/mol. The molecule has 0 saturated heterocycles. The van der Waals surface area contributed by atoms with E-state index in [4.69, 9.17) is 9.47 Å². The largest absolute Gasteiger partial charge is 0.469 e. The maximum atomic E-state index is 14.1. The van der Waals surface area contributed by atoms with E-state index in [0.717, 1.165) is 22.3 Å². The molecule has 38 heavy (non-hydrogen) atoms. The first-order valence-electron chi connectivity index (χ1n) is 13.3. The average Bonchev–Trinajstić information content (AvgIpc) is 2.91. The minimum atomic E-state index is -0.832. The molecule has 3 aliphatic carbocycles. The molecule has 2 heterocycles. The lowest BCUT2D eigenvalue weighted by molar-refractivity contribution is -0.161. The molecule has 9 heteroatoms. The quantitative estimate of drug-likeness (QED) is 0.597. The molecular formula is C29H36N4O5. The van der Waals surface area contributed by atoms with Crippen molar-refractivity contribution in [3.63, 3.8) is 0 Å².